The number of unbranched alkanes of at least 4 members (excludes halogenated alkanes) is 1. The lowest BCUT2D eigenvalue weighted by Crippen LogP contribution is -2.62. The maximum absolute atomic E-state index is 15.7. The fourth-order valence-electron chi connectivity index (χ4n) is 16.2. The van der Waals surface area contributed by atoms with Crippen molar-refractivity contribution in [2.75, 3.05) is 72.6 Å². The predicted molar refractivity (Wildman–Crippen MR) is 479 cm³/mol. The minimum atomic E-state index is -1.91. The standard InChI is InChI=1S/C92H115F3N16O22S/c1-8-9-25-71-91(130)111-46-58(114)43-73(111)87(126)104-68(47-133-50-112)84(123)106-79(51(2)3)92(131)108(5)72(40-52-19-12-10-13-20-52)86(125)101-64(31-32-77(117)118)89(128)110-34-18-26-70(110)85(124)103-66(42-56-44-97-62-24-17-16-23-59(56)62)83(122)102-65(38-54-27-29-57(113)30-28-54)82(121)100-63(33-35-132-7)81(120)105-69(80(119)98-45-75(96)115)48-134-49-76(116)99-67(39-55-36-60(93)78(95)61(94)37-55)88(127)109(6)74(90(129)107(71)4)41-53-21-14-11-15-22-53/h10-17,19-24,27-30,36-37,44,50-51,58,63-74,79,97,113-114H,8-9,18,25-26,31-35,38-43,45-49H2,1-7H3,(H2,96,115)(H,98,119)(H,99,116)(H,100,121)(H,101,125)(H,102,122)(H,103,124)(H,104,126)(H,105,120)(H,106,123)(H,117,118)/t58-,63+,64+,65+,66+,67+,68+,69+,70-,71+,72+,73-,74+,79+/m1/s1. The highest BCUT2D eigenvalue weighted by molar-refractivity contribution is 8.00. The van der Waals surface area contributed by atoms with Gasteiger partial charge in [0.1, 0.15) is 90.9 Å². The second kappa shape index (κ2) is 49.8. The van der Waals surface area contributed by atoms with E-state index in [4.69, 9.17) is 15.2 Å². The summed E-state index contributed by atoms with van der Waals surface area (Å²) < 4.78 is 55.5. The van der Waals surface area contributed by atoms with Gasteiger partial charge in [-0.25, -0.2) is 13.2 Å². The molecule has 722 valence electrons. The van der Waals surface area contributed by atoms with E-state index < -0.39 is 259 Å². The van der Waals surface area contributed by atoms with Crippen molar-refractivity contribution >= 4 is 124 Å². The number of amides is 15. The second-order valence-corrected chi connectivity index (χ2v) is 34.6. The zero-order valence-electron chi connectivity index (χ0n) is 75.2. The van der Waals surface area contributed by atoms with Crippen LogP contribution in [-0.2, 0) is 123 Å². The van der Waals surface area contributed by atoms with Crippen LogP contribution >= 0.6 is 11.8 Å². The largest absolute Gasteiger partial charge is 0.508 e. The molecule has 3 aliphatic heterocycles. The summed E-state index contributed by atoms with van der Waals surface area (Å²) in [5, 5.41) is 55.7. The molecule has 42 heteroatoms. The Hall–Kier alpha value is -13.5. The average Bonchev–Trinajstić information content (AvgIpc) is 1.64. The summed E-state index contributed by atoms with van der Waals surface area (Å²) in [6, 6.07) is 8.04. The van der Waals surface area contributed by atoms with E-state index in [9.17, 15) is 58.1 Å². The van der Waals surface area contributed by atoms with Gasteiger partial charge in [-0.3, -0.25) is 81.5 Å². The Morgan fingerprint density at radius 1 is 0.582 bits per heavy atom. The van der Waals surface area contributed by atoms with Crippen molar-refractivity contribution in [2.24, 2.45) is 11.7 Å². The maximum Gasteiger partial charge on any atom is 0.303 e. The molecule has 1 aromatic heterocycles. The second-order valence-electron chi connectivity index (χ2n) is 33.6. The van der Waals surface area contributed by atoms with E-state index in [1.54, 1.807) is 98.0 Å². The molecule has 0 radical (unpaired) electrons. The number of carboxylic acids is 1. The number of likely N-dealkylation sites (N-methyl/N-ethyl adjacent to an activating group) is 3. The molecular formula is C92H115F3N16O22S. The Morgan fingerprint density at radius 2 is 1.14 bits per heavy atom. The van der Waals surface area contributed by atoms with Crippen LogP contribution in [0.25, 0.3) is 10.9 Å². The number of primary amides is 1. The zero-order chi connectivity index (χ0) is 97.7. The molecule has 134 heavy (non-hydrogen) atoms. The van der Waals surface area contributed by atoms with Gasteiger partial charge in [0, 0.05) is 116 Å². The molecular weight excluding hydrogens is 1770 g/mol. The number of hydrogen-bond donors (Lipinski definition) is 14. The summed E-state index contributed by atoms with van der Waals surface area (Å²) in [6.45, 7) is 2.13. The fraction of sp³-hybridized carbons (Fsp3) is 0.467. The van der Waals surface area contributed by atoms with Crippen molar-refractivity contribution in [1.29, 1.82) is 0 Å². The first-order valence-electron chi connectivity index (χ1n) is 43.9. The molecule has 15 N–H and O–H groups in total. The van der Waals surface area contributed by atoms with Gasteiger partial charge in [-0.2, -0.15) is 0 Å². The number of aliphatic carboxylic acids is 1. The number of aromatic hydroxyl groups is 1. The number of aromatic amines is 1. The lowest BCUT2D eigenvalue weighted by Gasteiger charge is -2.38. The number of H-pyrrole nitrogens is 1. The van der Waals surface area contributed by atoms with Crippen molar-refractivity contribution in [3.63, 3.8) is 0 Å². The predicted octanol–water partition coefficient (Wildman–Crippen LogP) is 0.385. The number of ether oxygens (including phenoxy) is 2. The van der Waals surface area contributed by atoms with Gasteiger partial charge in [-0.15, -0.1) is 11.8 Å². The van der Waals surface area contributed by atoms with Crippen molar-refractivity contribution in [3.05, 3.63) is 173 Å². The smallest absolute Gasteiger partial charge is 0.303 e. The topological polar surface area (TPSA) is 536 Å². The molecule has 0 unspecified atom stereocenters. The molecule has 38 nitrogen and oxygen atoms in total. The van der Waals surface area contributed by atoms with Gasteiger partial charge >= 0.3 is 5.97 Å². The molecule has 14 atom stereocenters. The molecule has 3 fully saturated rings. The molecule has 4 heterocycles. The number of aliphatic hydroxyl groups excluding tert-OH is 1. The molecule has 0 bridgehead atoms. The maximum atomic E-state index is 15.7. The van der Waals surface area contributed by atoms with Crippen molar-refractivity contribution < 1.29 is 119 Å². The molecule has 5 aromatic carbocycles. The molecule has 0 spiro atoms. The highest BCUT2D eigenvalue weighted by Gasteiger charge is 2.48. The van der Waals surface area contributed by atoms with Gasteiger partial charge in [0.2, 0.25) is 88.6 Å². The number of phenols is 1. The highest BCUT2D eigenvalue weighted by atomic mass is 32.2. The lowest BCUT2D eigenvalue weighted by atomic mass is 9.98. The van der Waals surface area contributed by atoms with Gasteiger partial charge < -0.3 is 108 Å². The average molecular weight is 1890 g/mol. The molecule has 3 saturated heterocycles. The fourth-order valence-corrected chi connectivity index (χ4v) is 17.1. The number of thioether (sulfide) groups is 1. The number of nitrogens with two attached hydrogens (primary N) is 1. The number of aromatic nitrogens is 1. The molecule has 0 saturated carbocycles. The van der Waals surface area contributed by atoms with Crippen LogP contribution in [0.3, 0.4) is 0 Å². The van der Waals surface area contributed by atoms with Crippen LogP contribution in [0.1, 0.15) is 106 Å². The van der Waals surface area contributed by atoms with Crippen molar-refractivity contribution in [1.82, 2.24) is 77.3 Å². The van der Waals surface area contributed by atoms with E-state index in [1.807, 2.05) is 0 Å². The summed E-state index contributed by atoms with van der Waals surface area (Å²) in [7, 11) is 4.90. The molecule has 15 amide bonds. The lowest BCUT2D eigenvalue weighted by molar-refractivity contribution is -0.152. The minimum Gasteiger partial charge on any atom is -0.508 e. The summed E-state index contributed by atoms with van der Waals surface area (Å²) in [5.74, 6) is -24.4. The quantitative estimate of drug-likeness (QED) is 0.0258. The number of hydrogen-bond acceptors (Lipinski definition) is 22. The van der Waals surface area contributed by atoms with Gasteiger partial charge in [0.15, 0.2) is 17.5 Å². The van der Waals surface area contributed by atoms with Gasteiger partial charge in [0.25, 0.3) is 6.47 Å². The van der Waals surface area contributed by atoms with Gasteiger partial charge in [-0.05, 0) is 96.2 Å². The monoisotopic (exact) mass is 1880 g/mol. The van der Waals surface area contributed by atoms with Crippen molar-refractivity contribution in [2.45, 2.75) is 195 Å². The molecule has 6 aromatic rings. The number of fused-ring (bicyclic) bond motifs is 3. The number of rotatable bonds is 26. The van der Waals surface area contributed by atoms with Crippen LogP contribution in [0.4, 0.5) is 13.2 Å². The Kier molecular flexibility index (Phi) is 38.7. The summed E-state index contributed by atoms with van der Waals surface area (Å²) in [4.78, 5) is 257. The number of para-hydroxylation sites is 1. The normalized spacial score (nSPS) is 24.0. The van der Waals surface area contributed by atoms with Gasteiger partial charge in [0.05, 0.1) is 18.4 Å². The number of carbonyl (C=O) groups excluding carboxylic acids is 16. The van der Waals surface area contributed by atoms with E-state index in [2.05, 4.69) is 52.8 Å². The molecule has 9 rings (SSSR count). The van der Waals surface area contributed by atoms with E-state index in [0.29, 0.717) is 63.5 Å². The zero-order valence-corrected chi connectivity index (χ0v) is 76.0. The Bertz CT molecular complexity index is 5180. The number of carboxylic acid groups (broad SMARTS) is 1. The number of nitrogens with one attached hydrogen (secondary N) is 10. The Morgan fingerprint density at radius 3 is 1.77 bits per heavy atom. The number of halogens is 3. The third-order valence-electron chi connectivity index (χ3n) is 23.5. The van der Waals surface area contributed by atoms with Crippen LogP contribution in [0.2, 0.25) is 0 Å². The number of aliphatic hydroxyl groups is 1. The number of nitrogens with zero attached hydrogens (tertiary/aromatic N) is 5. The number of benzene rings is 5. The summed E-state index contributed by atoms with van der Waals surface area (Å²) in [5.41, 5.74) is 7.31. The van der Waals surface area contributed by atoms with Crippen LogP contribution < -0.4 is 53.6 Å². The Labute approximate surface area is 774 Å². The molecule has 3 aliphatic rings. The van der Waals surface area contributed by atoms with Gasteiger partial charge in [-0.1, -0.05) is 125 Å². The number of carbonyl (C=O) groups is 17. The highest BCUT2D eigenvalue weighted by Crippen LogP contribution is 2.29. The third kappa shape index (κ3) is 28.8. The van der Waals surface area contributed by atoms with E-state index in [-0.39, 0.29) is 88.7 Å². The third-order valence-corrected chi connectivity index (χ3v) is 24.6. The van der Waals surface area contributed by atoms with E-state index in [0.717, 1.165) is 31.5 Å². The van der Waals surface area contributed by atoms with Crippen molar-refractivity contribution in [3.8, 4) is 5.75 Å². The number of phenolic OH excluding ortho intramolecular Hbond substituents is 1. The van der Waals surface area contributed by atoms with Crippen LogP contribution in [0.15, 0.2) is 128 Å². The minimum absolute atomic E-state index is 0.0396. The SMILES string of the molecule is CCCC[C@H]1C(=O)N2C[C@H](O)C[C@@H]2C(=O)N[C@@H](COC=O)C(=O)N[C@@H](C(C)C)C(=O)N(C)[C@@H](Cc2ccccc2)C(=O)N[C@@H](CCC(=O)O)C(=O)N2CCC[C@@H]2C(=O)N[C@@H](Cc2c[nH]c3ccccc23)C(=O)N[C@@H](Cc2ccc(O)cc2)C(=O)N[C@@H](CCOC)C(=O)N[C@H](C(=O)NCC(N)=O)CSCC(=O)N[C@@H](Cc2cc(F)c(F)c(F)c2)C(=O)N(C)[C@@H](Cc2ccccc2)C(=O)N1C. The first-order valence-corrected chi connectivity index (χ1v) is 45.0. The summed E-state index contributed by atoms with van der Waals surface area (Å²) in [6.07, 6.45) is -3.52. The van der Waals surface area contributed by atoms with Crippen LogP contribution in [-0.4, -0.2) is 303 Å². The first-order chi connectivity index (χ1) is 63.9. The van der Waals surface area contributed by atoms with Crippen LogP contribution in [0.5, 0.6) is 5.75 Å². The summed E-state index contributed by atoms with van der Waals surface area (Å²) >= 11 is 0.637. The number of methoxy groups -OCH3 is 1. The van der Waals surface area contributed by atoms with E-state index >= 15 is 51.9 Å². The van der Waals surface area contributed by atoms with Crippen LogP contribution in [0, 0.1) is 23.4 Å². The van der Waals surface area contributed by atoms with E-state index in [1.165, 1.54) is 59.3 Å². The molecule has 0 aliphatic carbocycles. The first kappa shape index (κ1) is 104. The Balaban J connectivity index is 1.14.